The summed E-state index contributed by atoms with van der Waals surface area (Å²) in [6.45, 7) is 12.4. The molecule has 17 nitrogen and oxygen atoms in total. The number of piperazine rings is 1. The molecular formula is C63H86F3N11O6. The Kier molecular flexibility index (Phi) is 15.5. The van der Waals surface area contributed by atoms with Crippen LogP contribution in [-0.2, 0) is 41.6 Å². The van der Waals surface area contributed by atoms with E-state index in [0.29, 0.717) is 96.9 Å². The van der Waals surface area contributed by atoms with Crippen LogP contribution in [0, 0.1) is 22.7 Å². The van der Waals surface area contributed by atoms with Crippen LogP contribution in [0.15, 0.2) is 36.5 Å². The van der Waals surface area contributed by atoms with Gasteiger partial charge in [-0.1, -0.05) is 38.8 Å². The van der Waals surface area contributed by atoms with Crippen molar-refractivity contribution in [2.24, 2.45) is 22.7 Å². The van der Waals surface area contributed by atoms with Crippen LogP contribution < -0.4 is 21.0 Å². The summed E-state index contributed by atoms with van der Waals surface area (Å²) >= 11 is 0. The van der Waals surface area contributed by atoms with E-state index in [1.807, 2.05) is 51.2 Å². The molecule has 1 unspecified atom stereocenters. The third kappa shape index (κ3) is 12.0. The molecule has 450 valence electrons. The Bertz CT molecular complexity index is 3000. The molecule has 83 heavy (non-hydrogen) atoms. The lowest BCUT2D eigenvalue weighted by Gasteiger charge is -2.39. The molecule has 3 N–H and O–H groups in total. The van der Waals surface area contributed by atoms with E-state index in [0.717, 1.165) is 101 Å². The number of amides is 3. The number of cyclic esters (lactones) is 1. The quantitative estimate of drug-likeness (QED) is 0.130. The zero-order valence-corrected chi connectivity index (χ0v) is 49.1. The number of hydrogen-bond donors (Lipinski definition) is 3. The van der Waals surface area contributed by atoms with Gasteiger partial charge in [-0.2, -0.15) is 13.2 Å². The summed E-state index contributed by atoms with van der Waals surface area (Å²) in [4.78, 5) is 75.0. The van der Waals surface area contributed by atoms with E-state index in [1.165, 1.54) is 35.3 Å². The standard InChI is InChI=1S/C63H86F3N11O6/c1-39(82-4)52-47(30-45(32-67-52)73-27-25-72(26-28-73)44-16-17-44)56-48-31-61(2,3)38-83-60(81)49-12-8-22-77(70-49)58(79)50(34-71-21-7-11-43(33-71)42-15-18-51(46(48)29-42)76(56)37-63(64,65)66)68-57(78)55(41-9-5-6-10-41)74-23-19-62(35-74)20-24-75(36-62)59(80)54-53(69-54)40-13-14-40/h11,15,18,29-30,32,39-41,44,49-50,53-55,69-70H,5-10,12-14,16-17,19-28,31,33-38H2,1-4H3,(H,68,78)/t39-,49-,50-,53+,54+,55-,62-/m0/s1. The minimum atomic E-state index is -4.58. The van der Waals surface area contributed by atoms with Crippen molar-refractivity contribution in [3.63, 3.8) is 0 Å². The number of alkyl halides is 3. The molecule has 1 spiro atoms. The average molecular weight is 1150 g/mol. The molecule has 3 saturated carbocycles. The second-order valence-corrected chi connectivity index (χ2v) is 27.3. The highest BCUT2D eigenvalue weighted by atomic mass is 19.4. The molecule has 3 aliphatic carbocycles. The highest BCUT2D eigenvalue weighted by molar-refractivity contribution is 5.95. The van der Waals surface area contributed by atoms with Gasteiger partial charge in [-0.15, -0.1) is 0 Å². The first-order valence-corrected chi connectivity index (χ1v) is 31.4. The number of anilines is 1. The normalized spacial score (nSPS) is 30.2. The van der Waals surface area contributed by atoms with E-state index < -0.39 is 48.3 Å². The highest BCUT2D eigenvalue weighted by Gasteiger charge is 2.55. The maximum atomic E-state index is 15.3. The first-order chi connectivity index (χ1) is 39.9. The van der Waals surface area contributed by atoms with Crippen LogP contribution in [0.3, 0.4) is 0 Å². The van der Waals surface area contributed by atoms with Gasteiger partial charge < -0.3 is 29.2 Å². The molecule has 20 heteroatoms. The average Bonchev–Trinajstić information content (AvgIpc) is 3.82. The Morgan fingerprint density at radius 2 is 1.71 bits per heavy atom. The first kappa shape index (κ1) is 57.0. The minimum Gasteiger partial charge on any atom is -0.464 e. The number of methoxy groups -OCH3 is 1. The van der Waals surface area contributed by atoms with E-state index >= 15 is 22.8 Å². The Hall–Kier alpha value is -5.12. The van der Waals surface area contributed by atoms with Crippen LogP contribution in [0.5, 0.6) is 0 Å². The van der Waals surface area contributed by atoms with Crippen molar-refractivity contribution in [2.75, 3.05) is 97.2 Å². The highest BCUT2D eigenvalue weighted by Crippen LogP contribution is 2.47. The molecule has 8 fully saturated rings. The third-order valence-corrected chi connectivity index (χ3v) is 20.5. The summed E-state index contributed by atoms with van der Waals surface area (Å²) in [7, 11) is 1.59. The van der Waals surface area contributed by atoms with E-state index in [2.05, 4.69) is 46.6 Å². The molecule has 10 aliphatic rings. The number of esters is 1. The summed E-state index contributed by atoms with van der Waals surface area (Å²) < 4.78 is 59.3. The van der Waals surface area contributed by atoms with Gasteiger partial charge in [-0.3, -0.25) is 49.2 Å². The number of rotatable bonds is 12. The van der Waals surface area contributed by atoms with E-state index in [-0.39, 0.29) is 54.7 Å². The molecular weight excluding hydrogens is 1060 g/mol. The molecule has 6 bridgehead atoms. The maximum absolute atomic E-state index is 15.3. The summed E-state index contributed by atoms with van der Waals surface area (Å²) in [5.74, 6) is -0.00378. The van der Waals surface area contributed by atoms with Crippen LogP contribution in [0.2, 0.25) is 0 Å². The van der Waals surface area contributed by atoms with Crippen LogP contribution in [0.1, 0.15) is 127 Å². The smallest absolute Gasteiger partial charge is 0.406 e. The number of fused-ring (bicyclic) bond motifs is 6. The van der Waals surface area contributed by atoms with Crippen LogP contribution in [-0.4, -0.2) is 193 Å². The predicted molar refractivity (Wildman–Crippen MR) is 310 cm³/mol. The second-order valence-electron chi connectivity index (χ2n) is 27.3. The van der Waals surface area contributed by atoms with Crippen molar-refractivity contribution < 1.29 is 41.8 Å². The summed E-state index contributed by atoms with van der Waals surface area (Å²) in [6.07, 6.45) is 11.4. The number of hydrazine groups is 1. The molecule has 5 saturated heterocycles. The number of nitrogens with zero attached hydrogens (tertiary/aromatic N) is 8. The van der Waals surface area contributed by atoms with Crippen molar-refractivity contribution in [3.05, 3.63) is 53.4 Å². The molecule has 1 aromatic carbocycles. The van der Waals surface area contributed by atoms with Gasteiger partial charge in [0.25, 0.3) is 5.91 Å². The zero-order valence-electron chi connectivity index (χ0n) is 49.1. The number of carbonyl (C=O) groups is 4. The summed E-state index contributed by atoms with van der Waals surface area (Å²) in [5.41, 5.74) is 7.73. The zero-order chi connectivity index (χ0) is 57.5. The molecule has 9 heterocycles. The molecule has 13 rings (SSSR count). The van der Waals surface area contributed by atoms with Crippen LogP contribution in [0.4, 0.5) is 18.9 Å². The second kappa shape index (κ2) is 22.6. The Morgan fingerprint density at radius 3 is 2.46 bits per heavy atom. The van der Waals surface area contributed by atoms with Crippen molar-refractivity contribution in [1.82, 2.24) is 50.2 Å². The van der Waals surface area contributed by atoms with E-state index in [1.54, 1.807) is 7.11 Å². The number of benzene rings is 1. The Balaban J connectivity index is 0.829. The van der Waals surface area contributed by atoms with Crippen molar-refractivity contribution in [3.8, 4) is 11.3 Å². The minimum absolute atomic E-state index is 0.0417. The third-order valence-electron chi connectivity index (χ3n) is 20.5. The topological polar surface area (TPSA) is 170 Å². The lowest BCUT2D eigenvalue weighted by molar-refractivity contribution is -0.155. The number of pyridine rings is 1. The monoisotopic (exact) mass is 1150 g/mol. The largest absolute Gasteiger partial charge is 0.464 e. The van der Waals surface area contributed by atoms with Gasteiger partial charge in [0.1, 0.15) is 24.7 Å². The van der Waals surface area contributed by atoms with E-state index in [4.69, 9.17) is 14.5 Å². The molecule has 3 amide bonds. The fraction of sp³-hybridized carbons (Fsp3) is 0.698. The predicted octanol–water partition coefficient (Wildman–Crippen LogP) is 6.69. The lowest BCUT2D eigenvalue weighted by Crippen LogP contribution is -2.63. The molecule has 0 radical (unpaired) electrons. The number of hydrogen-bond acceptors (Lipinski definition) is 13. The van der Waals surface area contributed by atoms with Crippen LogP contribution >= 0.6 is 0 Å². The van der Waals surface area contributed by atoms with Gasteiger partial charge in [0.05, 0.1) is 42.0 Å². The SMILES string of the molecule is CO[C@@H](C)c1ncc(N2CCN(C3CC3)CC2)cc1-c1c2c3cc(ccc3n1CC(F)(F)F)C1=CCCN(C1)C[C@H](NC(=O)[C@H](C1CCCC1)N1CC[C@]3(CCN(C(=O)[C@@H]4N[C@@H]4C4CC4)C3)C1)C(=O)N1CCC[C@H](N1)C(=O)OCC(C)(C)C2. The Labute approximate surface area is 486 Å². The number of halogens is 3. The van der Waals surface area contributed by atoms with E-state index in [9.17, 15) is 9.59 Å². The first-order valence-electron chi connectivity index (χ1n) is 31.4. The molecule has 2 aromatic heterocycles. The van der Waals surface area contributed by atoms with Gasteiger partial charge in [0, 0.05) is 118 Å². The van der Waals surface area contributed by atoms with Crippen molar-refractivity contribution >= 4 is 45.9 Å². The molecule has 7 aliphatic heterocycles. The van der Waals surface area contributed by atoms with Gasteiger partial charge in [-0.25, -0.2) is 5.43 Å². The van der Waals surface area contributed by atoms with Gasteiger partial charge in [-0.05, 0) is 137 Å². The number of likely N-dealkylation sites (tertiary alicyclic amines) is 2. The van der Waals surface area contributed by atoms with Gasteiger partial charge in [0.15, 0.2) is 0 Å². The lowest BCUT2D eigenvalue weighted by atomic mass is 9.84. The number of ether oxygens (including phenoxy) is 2. The summed E-state index contributed by atoms with van der Waals surface area (Å²) in [6, 6.07) is 6.45. The van der Waals surface area contributed by atoms with Gasteiger partial charge in [0.2, 0.25) is 11.8 Å². The number of nitrogens with one attached hydrogen (secondary N) is 3. The number of carbonyl (C=O) groups excluding carboxylic acids is 4. The Morgan fingerprint density at radius 1 is 0.928 bits per heavy atom. The van der Waals surface area contributed by atoms with Crippen LogP contribution in [0.25, 0.3) is 27.7 Å². The fourth-order valence-electron chi connectivity index (χ4n) is 15.6. The molecule has 3 aromatic rings. The maximum Gasteiger partial charge on any atom is 0.406 e. The number of aromatic nitrogens is 2. The van der Waals surface area contributed by atoms with Crippen molar-refractivity contribution in [2.45, 2.75) is 166 Å². The van der Waals surface area contributed by atoms with Crippen molar-refractivity contribution in [1.29, 1.82) is 0 Å². The summed E-state index contributed by atoms with van der Waals surface area (Å²) in [5, 5.41) is 9.00. The molecule has 8 atom stereocenters. The fourth-order valence-corrected chi connectivity index (χ4v) is 15.6. The van der Waals surface area contributed by atoms with Gasteiger partial charge >= 0.3 is 12.1 Å².